The quantitative estimate of drug-likeness (QED) is 0.165. The van der Waals surface area contributed by atoms with Crippen LogP contribution in [-0.2, 0) is 11.8 Å². The van der Waals surface area contributed by atoms with Crippen LogP contribution < -0.4 is 0 Å². The maximum absolute atomic E-state index is 5.03. The van der Waals surface area contributed by atoms with E-state index in [4.69, 9.17) is 4.98 Å². The summed E-state index contributed by atoms with van der Waals surface area (Å²) in [7, 11) is 0. The van der Waals surface area contributed by atoms with Gasteiger partial charge in [0.05, 0.1) is 0 Å². The van der Waals surface area contributed by atoms with Crippen LogP contribution in [0.2, 0.25) is 0 Å². The second-order valence-corrected chi connectivity index (χ2v) is 10.4. The molecule has 0 aliphatic rings. The summed E-state index contributed by atoms with van der Waals surface area (Å²) in [5.41, 5.74) is 3.88. The zero-order valence-corrected chi connectivity index (χ0v) is 22.2. The Hall–Kier alpha value is -3.13. The zero-order valence-electron chi connectivity index (χ0n) is 22.2. The third-order valence-electron chi connectivity index (χ3n) is 7.73. The molecule has 0 radical (unpaired) electrons. The van der Waals surface area contributed by atoms with Crippen LogP contribution in [0.4, 0.5) is 0 Å². The predicted octanol–water partition coefficient (Wildman–Crippen LogP) is 9.30. The Balaban J connectivity index is 1.69. The van der Waals surface area contributed by atoms with E-state index >= 15 is 0 Å². The molecule has 0 bridgehead atoms. The lowest BCUT2D eigenvalue weighted by Crippen LogP contribution is -2.35. The van der Waals surface area contributed by atoms with E-state index in [1.807, 2.05) is 6.20 Å². The number of unbranched alkanes of at least 4 members (excludes halogenated alkanes) is 6. The standard InChI is InChI=1S/C34H42N2/c1-3-4-5-6-7-8-18-25-32(33-35-26-27-36(33)31-23-16-11-17-24-31)34(2,30-21-14-10-15-22-30)28-29-19-12-9-13-20-29/h9-17,19-24,26-27,32H,3-8,18,25,28H2,1-2H3. The Kier molecular flexibility index (Phi) is 9.55. The van der Waals surface area contributed by atoms with E-state index in [0.29, 0.717) is 5.92 Å². The van der Waals surface area contributed by atoms with Gasteiger partial charge in [-0.05, 0) is 36.1 Å². The molecule has 0 amide bonds. The van der Waals surface area contributed by atoms with Crippen LogP contribution in [-0.4, -0.2) is 9.55 Å². The fraction of sp³-hybridized carbons (Fsp3) is 0.382. The fourth-order valence-corrected chi connectivity index (χ4v) is 5.68. The molecule has 0 saturated heterocycles. The van der Waals surface area contributed by atoms with Gasteiger partial charge in [0.15, 0.2) is 0 Å². The molecule has 0 saturated carbocycles. The number of para-hydroxylation sites is 1. The highest BCUT2D eigenvalue weighted by Crippen LogP contribution is 2.44. The average Bonchev–Trinajstić information content (AvgIpc) is 3.41. The van der Waals surface area contributed by atoms with Gasteiger partial charge in [-0.3, -0.25) is 0 Å². The Morgan fingerprint density at radius 1 is 0.722 bits per heavy atom. The molecule has 0 fully saturated rings. The van der Waals surface area contributed by atoms with Crippen molar-refractivity contribution in [2.45, 2.75) is 83.0 Å². The van der Waals surface area contributed by atoms with Crippen molar-refractivity contribution in [3.05, 3.63) is 120 Å². The molecule has 0 aliphatic heterocycles. The summed E-state index contributed by atoms with van der Waals surface area (Å²) >= 11 is 0. The Morgan fingerprint density at radius 3 is 1.97 bits per heavy atom. The van der Waals surface area contributed by atoms with Gasteiger partial charge in [-0.25, -0.2) is 4.98 Å². The lowest BCUT2D eigenvalue weighted by Gasteiger charge is -2.39. The largest absolute Gasteiger partial charge is 0.304 e. The minimum atomic E-state index is -0.0806. The fourth-order valence-electron chi connectivity index (χ4n) is 5.68. The molecule has 3 aromatic carbocycles. The summed E-state index contributed by atoms with van der Waals surface area (Å²) in [5, 5.41) is 0. The zero-order chi connectivity index (χ0) is 25.1. The van der Waals surface area contributed by atoms with Crippen molar-refractivity contribution in [2.24, 2.45) is 0 Å². The van der Waals surface area contributed by atoms with Crippen molar-refractivity contribution in [3.63, 3.8) is 0 Å². The number of nitrogens with zero attached hydrogens (tertiary/aromatic N) is 2. The first-order chi connectivity index (χ1) is 17.7. The first-order valence-corrected chi connectivity index (χ1v) is 13.9. The molecular formula is C34H42N2. The highest BCUT2D eigenvalue weighted by Gasteiger charge is 2.39. The van der Waals surface area contributed by atoms with Gasteiger partial charge in [0.2, 0.25) is 0 Å². The summed E-state index contributed by atoms with van der Waals surface area (Å²) in [4.78, 5) is 5.03. The van der Waals surface area contributed by atoms with E-state index in [2.05, 4.69) is 116 Å². The first kappa shape index (κ1) is 25.9. The van der Waals surface area contributed by atoms with Crippen molar-refractivity contribution in [1.82, 2.24) is 9.55 Å². The van der Waals surface area contributed by atoms with E-state index in [1.165, 1.54) is 67.6 Å². The molecule has 2 heteroatoms. The van der Waals surface area contributed by atoms with Crippen LogP contribution >= 0.6 is 0 Å². The minimum Gasteiger partial charge on any atom is -0.304 e. The molecular weight excluding hydrogens is 436 g/mol. The molecule has 4 rings (SSSR count). The normalized spacial score (nSPS) is 13.8. The Bertz CT molecular complexity index is 1130. The van der Waals surface area contributed by atoms with Crippen molar-refractivity contribution in [2.75, 3.05) is 0 Å². The van der Waals surface area contributed by atoms with Gasteiger partial charge >= 0.3 is 0 Å². The first-order valence-electron chi connectivity index (χ1n) is 13.9. The average molecular weight is 479 g/mol. The Morgan fingerprint density at radius 2 is 1.31 bits per heavy atom. The summed E-state index contributed by atoms with van der Waals surface area (Å²) < 4.78 is 2.32. The molecule has 188 valence electrons. The molecule has 36 heavy (non-hydrogen) atoms. The maximum Gasteiger partial charge on any atom is 0.117 e. The summed E-state index contributed by atoms with van der Waals surface area (Å²) in [6.07, 6.45) is 15.5. The SMILES string of the molecule is CCCCCCCCCC(c1nccn1-c1ccccc1)C(C)(Cc1ccccc1)c1ccccc1. The van der Waals surface area contributed by atoms with Crippen molar-refractivity contribution >= 4 is 0 Å². The smallest absolute Gasteiger partial charge is 0.117 e. The van der Waals surface area contributed by atoms with Crippen LogP contribution in [0.25, 0.3) is 5.69 Å². The van der Waals surface area contributed by atoms with Gasteiger partial charge in [0.25, 0.3) is 0 Å². The van der Waals surface area contributed by atoms with Gasteiger partial charge in [0.1, 0.15) is 5.82 Å². The number of hydrogen-bond acceptors (Lipinski definition) is 1. The monoisotopic (exact) mass is 478 g/mol. The molecule has 0 spiro atoms. The van der Waals surface area contributed by atoms with E-state index in [9.17, 15) is 0 Å². The highest BCUT2D eigenvalue weighted by molar-refractivity contribution is 5.37. The number of hydrogen-bond donors (Lipinski definition) is 0. The van der Waals surface area contributed by atoms with Crippen LogP contribution in [0.5, 0.6) is 0 Å². The van der Waals surface area contributed by atoms with Crippen molar-refractivity contribution < 1.29 is 0 Å². The van der Waals surface area contributed by atoms with Crippen LogP contribution in [0, 0.1) is 0 Å². The number of aromatic nitrogens is 2. The molecule has 4 aromatic rings. The van der Waals surface area contributed by atoms with Crippen LogP contribution in [0.3, 0.4) is 0 Å². The summed E-state index contributed by atoms with van der Waals surface area (Å²) in [6, 6.07) is 32.8. The lowest BCUT2D eigenvalue weighted by atomic mass is 9.66. The number of rotatable bonds is 14. The van der Waals surface area contributed by atoms with Gasteiger partial charge in [-0.2, -0.15) is 0 Å². The summed E-state index contributed by atoms with van der Waals surface area (Å²) in [5.74, 6) is 1.47. The molecule has 1 heterocycles. The summed E-state index contributed by atoms with van der Waals surface area (Å²) in [6.45, 7) is 4.75. The van der Waals surface area contributed by atoms with Crippen LogP contribution in [0.1, 0.15) is 88.1 Å². The topological polar surface area (TPSA) is 17.8 Å². The molecule has 2 atom stereocenters. The molecule has 1 aromatic heterocycles. The van der Waals surface area contributed by atoms with Crippen molar-refractivity contribution in [1.29, 1.82) is 0 Å². The van der Waals surface area contributed by atoms with Gasteiger partial charge in [0, 0.05) is 29.4 Å². The van der Waals surface area contributed by atoms with Gasteiger partial charge < -0.3 is 4.57 Å². The third kappa shape index (κ3) is 6.55. The van der Waals surface area contributed by atoms with Crippen LogP contribution in [0.15, 0.2) is 103 Å². The lowest BCUT2D eigenvalue weighted by molar-refractivity contribution is 0.328. The second-order valence-electron chi connectivity index (χ2n) is 10.4. The molecule has 0 aliphatic carbocycles. The van der Waals surface area contributed by atoms with E-state index in [-0.39, 0.29) is 5.41 Å². The molecule has 0 N–H and O–H groups in total. The van der Waals surface area contributed by atoms with E-state index in [0.717, 1.165) is 12.8 Å². The predicted molar refractivity (Wildman–Crippen MR) is 153 cm³/mol. The van der Waals surface area contributed by atoms with Crippen molar-refractivity contribution in [3.8, 4) is 5.69 Å². The van der Waals surface area contributed by atoms with Gasteiger partial charge in [-0.1, -0.05) is 138 Å². The minimum absolute atomic E-state index is 0.0806. The molecule has 2 nitrogen and oxygen atoms in total. The number of benzene rings is 3. The van der Waals surface area contributed by atoms with E-state index < -0.39 is 0 Å². The maximum atomic E-state index is 5.03. The molecule has 2 unspecified atom stereocenters. The second kappa shape index (κ2) is 13.3. The number of imidazole rings is 1. The highest BCUT2D eigenvalue weighted by atomic mass is 15.1. The third-order valence-corrected chi connectivity index (χ3v) is 7.73. The van der Waals surface area contributed by atoms with Gasteiger partial charge in [-0.15, -0.1) is 0 Å². The Labute approximate surface area is 218 Å². The van der Waals surface area contributed by atoms with E-state index in [1.54, 1.807) is 0 Å².